The van der Waals surface area contributed by atoms with Gasteiger partial charge in [0.25, 0.3) is 5.91 Å². The predicted molar refractivity (Wildman–Crippen MR) is 144 cm³/mol. The van der Waals surface area contributed by atoms with E-state index < -0.39 is 5.97 Å². The minimum Gasteiger partial charge on any atom is -0.481 e. The Labute approximate surface area is 221 Å². The van der Waals surface area contributed by atoms with Crippen molar-refractivity contribution in [3.8, 4) is 0 Å². The van der Waals surface area contributed by atoms with Crippen LogP contribution in [0.2, 0.25) is 5.02 Å². The zero-order chi connectivity index (χ0) is 25.9. The van der Waals surface area contributed by atoms with E-state index in [9.17, 15) is 9.59 Å². The molecular weight excluding hydrogens is 488 g/mol. The van der Waals surface area contributed by atoms with E-state index in [1.165, 1.54) is 5.56 Å². The molecule has 1 amide bonds. The van der Waals surface area contributed by atoms with Crippen LogP contribution in [-0.2, 0) is 18.0 Å². The highest BCUT2D eigenvalue weighted by Gasteiger charge is 2.24. The van der Waals surface area contributed by atoms with Crippen LogP contribution in [0.25, 0.3) is 6.08 Å². The fraction of sp³-hybridized carbons (Fsp3) is 0.345. The van der Waals surface area contributed by atoms with E-state index in [4.69, 9.17) is 16.7 Å². The number of anilines is 1. The molecule has 37 heavy (non-hydrogen) atoms. The molecule has 1 aliphatic carbocycles. The van der Waals surface area contributed by atoms with Gasteiger partial charge in [-0.3, -0.25) is 9.59 Å². The van der Waals surface area contributed by atoms with Crippen molar-refractivity contribution < 1.29 is 14.7 Å². The number of aryl methyl sites for hydroxylation is 1. The fourth-order valence-corrected chi connectivity index (χ4v) is 5.64. The molecule has 1 aliphatic heterocycles. The van der Waals surface area contributed by atoms with Crippen molar-refractivity contribution in [3.63, 3.8) is 0 Å². The third-order valence-electron chi connectivity index (χ3n) is 7.53. The minimum atomic E-state index is -0.691. The molecule has 2 heterocycles. The van der Waals surface area contributed by atoms with Gasteiger partial charge in [0, 0.05) is 36.1 Å². The van der Waals surface area contributed by atoms with Crippen LogP contribution in [-0.4, -0.2) is 26.5 Å². The number of benzene rings is 2. The summed E-state index contributed by atoms with van der Waals surface area (Å²) in [6, 6.07) is 14.3. The third kappa shape index (κ3) is 5.72. The van der Waals surface area contributed by atoms with Gasteiger partial charge < -0.3 is 19.9 Å². The second kappa shape index (κ2) is 10.8. The zero-order valence-corrected chi connectivity index (χ0v) is 21.6. The number of aliphatic carboxylic acids is 1. The second-order valence-corrected chi connectivity index (χ2v) is 10.4. The first kappa shape index (κ1) is 25.1. The lowest BCUT2D eigenvalue weighted by molar-refractivity contribution is -0.138. The molecule has 5 rings (SSSR count). The number of aromatic nitrogens is 2. The molecular formula is C29H31ClN4O3. The summed E-state index contributed by atoms with van der Waals surface area (Å²) in [6.45, 7) is 2.89. The van der Waals surface area contributed by atoms with Crippen molar-refractivity contribution in [2.45, 2.75) is 58.2 Å². The number of hydrogen-bond donors (Lipinski definition) is 2. The third-order valence-corrected chi connectivity index (χ3v) is 7.89. The van der Waals surface area contributed by atoms with E-state index in [0.29, 0.717) is 35.8 Å². The molecule has 0 radical (unpaired) electrons. The Kier molecular flexibility index (Phi) is 7.33. The van der Waals surface area contributed by atoms with E-state index in [-0.39, 0.29) is 12.3 Å². The summed E-state index contributed by atoms with van der Waals surface area (Å²) in [5.74, 6) is 0.618. The summed E-state index contributed by atoms with van der Waals surface area (Å²) in [6.07, 6.45) is 10.0. The summed E-state index contributed by atoms with van der Waals surface area (Å²) in [5, 5.41) is 12.6. The number of imidazole rings is 1. The van der Waals surface area contributed by atoms with Gasteiger partial charge in [0.05, 0.1) is 0 Å². The molecule has 1 saturated carbocycles. The van der Waals surface area contributed by atoms with Gasteiger partial charge >= 0.3 is 5.97 Å². The molecule has 3 aromatic rings. The van der Waals surface area contributed by atoms with E-state index in [1.54, 1.807) is 6.20 Å². The first-order chi connectivity index (χ1) is 17.9. The summed E-state index contributed by atoms with van der Waals surface area (Å²) in [5.41, 5.74) is 4.70. The number of nitrogens with one attached hydrogen (secondary N) is 1. The lowest BCUT2D eigenvalue weighted by Crippen LogP contribution is -2.24. The Morgan fingerprint density at radius 2 is 1.86 bits per heavy atom. The van der Waals surface area contributed by atoms with Crippen LogP contribution in [0, 0.1) is 12.8 Å². The molecule has 2 aliphatic rings. The number of rotatable bonds is 7. The molecule has 7 nitrogen and oxygen atoms in total. The number of hydrogen-bond acceptors (Lipinski definition) is 4. The first-order valence-electron chi connectivity index (χ1n) is 12.7. The number of carboxylic acid groups (broad SMARTS) is 1. The van der Waals surface area contributed by atoms with Gasteiger partial charge in [-0.25, -0.2) is 4.98 Å². The molecule has 0 bridgehead atoms. The van der Waals surface area contributed by atoms with Crippen molar-refractivity contribution in [3.05, 3.63) is 88.1 Å². The van der Waals surface area contributed by atoms with Crippen molar-refractivity contribution in [1.82, 2.24) is 14.9 Å². The molecule has 0 unspecified atom stereocenters. The Balaban J connectivity index is 1.19. The highest BCUT2D eigenvalue weighted by atomic mass is 35.5. The number of carboxylic acids is 1. The van der Waals surface area contributed by atoms with Gasteiger partial charge in [-0.05, 0) is 85.4 Å². The van der Waals surface area contributed by atoms with Gasteiger partial charge in [0.15, 0.2) is 0 Å². The molecule has 0 saturated heterocycles. The Morgan fingerprint density at radius 1 is 1.11 bits per heavy atom. The molecule has 1 fully saturated rings. The van der Waals surface area contributed by atoms with Crippen molar-refractivity contribution >= 4 is 35.2 Å². The maximum atomic E-state index is 12.8. The Hall–Kier alpha value is -3.58. The molecule has 1 aromatic heterocycles. The van der Waals surface area contributed by atoms with Crippen molar-refractivity contribution in [2.75, 3.05) is 4.90 Å². The van der Waals surface area contributed by atoms with Gasteiger partial charge in [-0.2, -0.15) is 0 Å². The van der Waals surface area contributed by atoms with Crippen LogP contribution >= 0.6 is 11.6 Å². The van der Waals surface area contributed by atoms with Gasteiger partial charge in [0.1, 0.15) is 18.2 Å². The topological polar surface area (TPSA) is 87.5 Å². The number of carbonyl (C=O) groups is 2. The van der Waals surface area contributed by atoms with Gasteiger partial charge in [-0.1, -0.05) is 35.9 Å². The molecule has 2 N–H and O–H groups in total. The van der Waals surface area contributed by atoms with Gasteiger partial charge in [0.2, 0.25) is 0 Å². The van der Waals surface area contributed by atoms with Crippen LogP contribution in [0.4, 0.5) is 5.69 Å². The second-order valence-electron chi connectivity index (χ2n) is 10.0. The highest BCUT2D eigenvalue weighted by molar-refractivity contribution is 6.31. The largest absolute Gasteiger partial charge is 0.481 e. The van der Waals surface area contributed by atoms with Crippen LogP contribution in [0.3, 0.4) is 0 Å². The molecule has 2 aromatic carbocycles. The van der Waals surface area contributed by atoms with Crippen molar-refractivity contribution in [1.29, 1.82) is 0 Å². The Morgan fingerprint density at radius 3 is 2.57 bits per heavy atom. The van der Waals surface area contributed by atoms with E-state index in [1.807, 2.05) is 42.0 Å². The maximum absolute atomic E-state index is 12.8. The smallest absolute Gasteiger partial charge is 0.303 e. The first-order valence-corrected chi connectivity index (χ1v) is 13.1. The SMILES string of the molecule is Cc1cccc(Cl)c1CNC(=O)c1cn2c(n1)C=CN(c1ccc(C3CCC(CC(=O)O)CC3)cc1)C2. The summed E-state index contributed by atoms with van der Waals surface area (Å²) in [4.78, 5) is 30.4. The normalized spacial score (nSPS) is 18.9. The van der Waals surface area contributed by atoms with Crippen LogP contribution in [0.1, 0.15) is 71.0 Å². The number of carbonyl (C=O) groups excluding carboxylic acids is 1. The highest BCUT2D eigenvalue weighted by Crippen LogP contribution is 2.37. The minimum absolute atomic E-state index is 0.233. The molecule has 0 atom stereocenters. The van der Waals surface area contributed by atoms with E-state index in [0.717, 1.165) is 48.3 Å². The van der Waals surface area contributed by atoms with Crippen LogP contribution in [0.15, 0.2) is 54.9 Å². The van der Waals surface area contributed by atoms with Crippen molar-refractivity contribution in [2.24, 2.45) is 5.92 Å². The maximum Gasteiger partial charge on any atom is 0.303 e. The van der Waals surface area contributed by atoms with Crippen LogP contribution < -0.4 is 10.2 Å². The number of nitrogens with zero attached hydrogens (tertiary/aromatic N) is 3. The standard InChI is InChI=1S/C29H31ClN4O3/c1-19-3-2-4-25(30)24(19)16-31-29(37)26-17-34-18-33(14-13-27(34)32-26)23-11-9-22(10-12-23)21-7-5-20(6-8-21)15-28(35)36/h2-4,9-14,17,20-21H,5-8,15-16,18H2,1H3,(H,31,37)(H,35,36). The average Bonchev–Trinajstić information content (AvgIpc) is 3.32. The average molecular weight is 519 g/mol. The summed E-state index contributed by atoms with van der Waals surface area (Å²) < 4.78 is 1.97. The van der Waals surface area contributed by atoms with E-state index >= 15 is 0 Å². The Bertz CT molecular complexity index is 1300. The number of halogens is 1. The lowest BCUT2D eigenvalue weighted by atomic mass is 9.77. The summed E-state index contributed by atoms with van der Waals surface area (Å²) in [7, 11) is 0. The van der Waals surface area contributed by atoms with Crippen LogP contribution in [0.5, 0.6) is 0 Å². The molecule has 0 spiro atoms. The number of amides is 1. The lowest BCUT2D eigenvalue weighted by Gasteiger charge is -2.29. The monoisotopic (exact) mass is 518 g/mol. The zero-order valence-electron chi connectivity index (χ0n) is 20.9. The number of fused-ring (bicyclic) bond motifs is 1. The summed E-state index contributed by atoms with van der Waals surface area (Å²) >= 11 is 6.29. The van der Waals surface area contributed by atoms with Gasteiger partial charge in [-0.15, -0.1) is 0 Å². The molecule has 8 heteroatoms. The fourth-order valence-electron chi connectivity index (χ4n) is 5.36. The molecule has 192 valence electrons. The quantitative estimate of drug-likeness (QED) is 0.402. The van der Waals surface area contributed by atoms with E-state index in [2.05, 4.69) is 39.5 Å². The predicted octanol–water partition coefficient (Wildman–Crippen LogP) is 5.97.